The molecule has 1 aromatic heterocycles. The molecule has 8 heteroatoms. The first kappa shape index (κ1) is 13.0. The Hall–Kier alpha value is -1.08. The van der Waals surface area contributed by atoms with E-state index in [2.05, 4.69) is 15.3 Å². The molecule has 0 spiro atoms. The number of thioether (sulfide) groups is 1. The Kier molecular flexibility index (Phi) is 5.27. The van der Waals surface area contributed by atoms with E-state index in [1.165, 1.54) is 0 Å². The summed E-state index contributed by atoms with van der Waals surface area (Å²) in [6, 6.07) is 0. The van der Waals surface area contributed by atoms with Crippen LogP contribution in [0.3, 0.4) is 0 Å². The number of hydrogen-bond acceptors (Lipinski definition) is 6. The van der Waals surface area contributed by atoms with Gasteiger partial charge >= 0.3 is 5.69 Å². The van der Waals surface area contributed by atoms with Gasteiger partial charge in [0.1, 0.15) is 6.20 Å². The van der Waals surface area contributed by atoms with E-state index in [-0.39, 0.29) is 16.8 Å². The lowest BCUT2D eigenvalue weighted by Crippen LogP contribution is -2.07. The van der Waals surface area contributed by atoms with Crippen molar-refractivity contribution in [2.75, 3.05) is 23.9 Å². The Labute approximate surface area is 102 Å². The van der Waals surface area contributed by atoms with Gasteiger partial charge in [0.25, 0.3) is 0 Å². The van der Waals surface area contributed by atoms with Gasteiger partial charge < -0.3 is 5.32 Å². The maximum absolute atomic E-state index is 10.7. The van der Waals surface area contributed by atoms with Crippen molar-refractivity contribution in [3.8, 4) is 0 Å². The summed E-state index contributed by atoms with van der Waals surface area (Å²) in [6.07, 6.45) is 4.01. The third kappa shape index (κ3) is 3.82. The fourth-order valence-corrected chi connectivity index (χ4v) is 1.61. The molecule has 0 unspecified atom stereocenters. The van der Waals surface area contributed by atoms with E-state index in [1.807, 2.05) is 6.26 Å². The molecule has 0 bridgehead atoms. The first-order valence-electron chi connectivity index (χ1n) is 4.55. The van der Waals surface area contributed by atoms with Gasteiger partial charge in [-0.2, -0.15) is 16.7 Å². The number of anilines is 1. The highest BCUT2D eigenvalue weighted by atomic mass is 35.5. The molecule has 0 saturated heterocycles. The number of rotatable bonds is 6. The second-order valence-corrected chi connectivity index (χ2v) is 4.23. The molecule has 0 aliphatic rings. The van der Waals surface area contributed by atoms with Crippen molar-refractivity contribution >= 4 is 34.9 Å². The molecule has 6 nitrogen and oxygen atoms in total. The van der Waals surface area contributed by atoms with Crippen molar-refractivity contribution < 1.29 is 4.92 Å². The molecule has 0 aliphatic heterocycles. The lowest BCUT2D eigenvalue weighted by atomic mass is 10.4. The Morgan fingerprint density at radius 2 is 2.44 bits per heavy atom. The number of nitrogens with zero attached hydrogens (tertiary/aromatic N) is 3. The minimum absolute atomic E-state index is 0.00188. The van der Waals surface area contributed by atoms with Gasteiger partial charge in [-0.3, -0.25) is 10.1 Å². The van der Waals surface area contributed by atoms with Crippen LogP contribution in [0.25, 0.3) is 0 Å². The zero-order chi connectivity index (χ0) is 12.0. The molecular weight excluding hydrogens is 252 g/mol. The van der Waals surface area contributed by atoms with Crippen LogP contribution in [0.15, 0.2) is 6.20 Å². The van der Waals surface area contributed by atoms with Crippen molar-refractivity contribution in [1.82, 2.24) is 9.97 Å². The SMILES string of the molecule is CSCCCNc1nc(Cl)ncc1[N+](=O)[O-]. The number of aromatic nitrogens is 2. The maximum Gasteiger partial charge on any atom is 0.329 e. The molecule has 0 aliphatic carbocycles. The van der Waals surface area contributed by atoms with Gasteiger partial charge in [0, 0.05) is 6.54 Å². The predicted molar refractivity (Wildman–Crippen MR) is 65.2 cm³/mol. The summed E-state index contributed by atoms with van der Waals surface area (Å²) in [4.78, 5) is 17.5. The Morgan fingerprint density at radius 1 is 1.69 bits per heavy atom. The van der Waals surface area contributed by atoms with Crippen LogP contribution in [0.4, 0.5) is 11.5 Å². The minimum Gasteiger partial charge on any atom is -0.364 e. The molecular formula is C8H11ClN4O2S. The lowest BCUT2D eigenvalue weighted by Gasteiger charge is -2.05. The van der Waals surface area contributed by atoms with Crippen molar-refractivity contribution in [3.63, 3.8) is 0 Å². The smallest absolute Gasteiger partial charge is 0.329 e. The summed E-state index contributed by atoms with van der Waals surface area (Å²) >= 11 is 7.29. The summed E-state index contributed by atoms with van der Waals surface area (Å²) in [5, 5.41) is 13.5. The molecule has 0 atom stereocenters. The quantitative estimate of drug-likeness (QED) is 0.366. The van der Waals surface area contributed by atoms with Crippen molar-refractivity contribution in [3.05, 3.63) is 21.6 Å². The summed E-state index contributed by atoms with van der Waals surface area (Å²) in [5.41, 5.74) is -0.159. The standard InChI is InChI=1S/C8H11ClN4O2S/c1-16-4-2-3-10-7-6(13(14)15)5-11-8(9)12-7/h5H,2-4H2,1H3,(H,10,11,12). The van der Waals surface area contributed by atoms with E-state index >= 15 is 0 Å². The van der Waals surface area contributed by atoms with Gasteiger partial charge in [-0.15, -0.1) is 0 Å². The van der Waals surface area contributed by atoms with Crippen LogP contribution in [0.5, 0.6) is 0 Å². The summed E-state index contributed by atoms with van der Waals surface area (Å²) in [7, 11) is 0. The summed E-state index contributed by atoms with van der Waals surface area (Å²) < 4.78 is 0. The van der Waals surface area contributed by atoms with Crippen molar-refractivity contribution in [2.45, 2.75) is 6.42 Å². The normalized spacial score (nSPS) is 10.1. The molecule has 0 radical (unpaired) electrons. The van der Waals surface area contributed by atoms with Crippen molar-refractivity contribution in [1.29, 1.82) is 0 Å². The zero-order valence-corrected chi connectivity index (χ0v) is 10.2. The molecule has 1 N–H and O–H groups in total. The summed E-state index contributed by atoms with van der Waals surface area (Å²) in [6.45, 7) is 0.620. The van der Waals surface area contributed by atoms with E-state index in [0.29, 0.717) is 6.54 Å². The van der Waals surface area contributed by atoms with E-state index in [0.717, 1.165) is 18.4 Å². The number of nitrogens with one attached hydrogen (secondary N) is 1. The fraction of sp³-hybridized carbons (Fsp3) is 0.500. The van der Waals surface area contributed by atoms with Crippen LogP contribution in [0.1, 0.15) is 6.42 Å². The average Bonchev–Trinajstić information content (AvgIpc) is 2.24. The molecule has 1 aromatic rings. The molecule has 0 amide bonds. The van der Waals surface area contributed by atoms with E-state index in [4.69, 9.17) is 11.6 Å². The van der Waals surface area contributed by atoms with Crippen LogP contribution >= 0.6 is 23.4 Å². The molecule has 88 valence electrons. The Balaban J connectivity index is 2.68. The van der Waals surface area contributed by atoms with Crippen LogP contribution in [-0.2, 0) is 0 Å². The first-order chi connectivity index (χ1) is 7.65. The van der Waals surface area contributed by atoms with Gasteiger partial charge in [-0.25, -0.2) is 4.98 Å². The van der Waals surface area contributed by atoms with Crippen LogP contribution < -0.4 is 5.32 Å². The van der Waals surface area contributed by atoms with Gasteiger partial charge in [0.05, 0.1) is 4.92 Å². The van der Waals surface area contributed by atoms with Gasteiger partial charge in [0.2, 0.25) is 11.1 Å². The molecule has 1 heterocycles. The van der Waals surface area contributed by atoms with Gasteiger partial charge in [-0.05, 0) is 30.0 Å². The molecule has 1 rings (SSSR count). The number of halogens is 1. The monoisotopic (exact) mass is 262 g/mol. The Morgan fingerprint density at radius 3 is 3.06 bits per heavy atom. The highest BCUT2D eigenvalue weighted by Gasteiger charge is 2.15. The lowest BCUT2D eigenvalue weighted by molar-refractivity contribution is -0.384. The molecule has 0 fully saturated rings. The van der Waals surface area contributed by atoms with Crippen molar-refractivity contribution in [2.24, 2.45) is 0 Å². The fourth-order valence-electron chi connectivity index (χ4n) is 1.04. The van der Waals surface area contributed by atoms with E-state index in [1.54, 1.807) is 11.8 Å². The average molecular weight is 263 g/mol. The van der Waals surface area contributed by atoms with Crippen LogP contribution in [0.2, 0.25) is 5.28 Å². The third-order valence-corrected chi connectivity index (χ3v) is 2.63. The van der Waals surface area contributed by atoms with Gasteiger partial charge in [-0.1, -0.05) is 0 Å². The van der Waals surface area contributed by atoms with Crippen LogP contribution in [-0.4, -0.2) is 33.4 Å². The van der Waals surface area contributed by atoms with E-state index in [9.17, 15) is 10.1 Å². The molecule has 0 aromatic carbocycles. The maximum atomic E-state index is 10.7. The topological polar surface area (TPSA) is 81.0 Å². The predicted octanol–water partition coefficient (Wildman–Crippen LogP) is 2.20. The second-order valence-electron chi connectivity index (χ2n) is 2.90. The zero-order valence-electron chi connectivity index (χ0n) is 8.64. The van der Waals surface area contributed by atoms with E-state index < -0.39 is 4.92 Å². The number of nitro groups is 1. The molecule has 0 saturated carbocycles. The highest BCUT2D eigenvalue weighted by Crippen LogP contribution is 2.21. The van der Waals surface area contributed by atoms with Crippen LogP contribution in [0, 0.1) is 10.1 Å². The van der Waals surface area contributed by atoms with Gasteiger partial charge in [0.15, 0.2) is 0 Å². The molecule has 16 heavy (non-hydrogen) atoms. The highest BCUT2D eigenvalue weighted by molar-refractivity contribution is 7.98. The largest absolute Gasteiger partial charge is 0.364 e. The second kappa shape index (κ2) is 6.49. The number of hydrogen-bond donors (Lipinski definition) is 1. The Bertz CT molecular complexity index is 377. The minimum atomic E-state index is -0.534. The summed E-state index contributed by atoms with van der Waals surface area (Å²) in [5.74, 6) is 1.16. The third-order valence-electron chi connectivity index (χ3n) is 1.75. The first-order valence-corrected chi connectivity index (χ1v) is 6.32.